The van der Waals surface area contributed by atoms with Gasteiger partial charge in [-0.05, 0) is 52.4 Å². The van der Waals surface area contributed by atoms with Gasteiger partial charge >= 0.3 is 0 Å². The number of likely N-dealkylation sites (tertiary alicyclic amines) is 1. The Morgan fingerprint density at radius 2 is 2.18 bits per heavy atom. The molecule has 0 aliphatic carbocycles. The molecule has 1 aromatic heterocycles. The fraction of sp³-hybridized carbons (Fsp3) is 0.769. The smallest absolute Gasteiger partial charge is 0.0537 e. The first kappa shape index (κ1) is 12.6. The molecule has 0 aromatic carbocycles. The summed E-state index contributed by atoms with van der Waals surface area (Å²) in [5, 5.41) is 7.54. The van der Waals surface area contributed by atoms with E-state index in [0.717, 1.165) is 12.5 Å². The molecule has 1 unspecified atom stereocenters. The van der Waals surface area contributed by atoms with Gasteiger partial charge in [0.15, 0.2) is 0 Å². The summed E-state index contributed by atoms with van der Waals surface area (Å²) in [7, 11) is 4.03. The molecular weight excluding hydrogens is 212 g/mol. The first-order valence-corrected chi connectivity index (χ1v) is 6.58. The highest BCUT2D eigenvalue weighted by atomic mass is 15.2. The Labute approximate surface area is 104 Å². The Bertz CT molecular complexity index is 339. The van der Waals surface area contributed by atoms with Crippen LogP contribution >= 0.6 is 0 Å². The molecule has 0 amide bonds. The number of rotatable bonds is 4. The molecule has 96 valence electrons. The molecule has 4 nitrogen and oxygen atoms in total. The molecule has 1 saturated heterocycles. The third kappa shape index (κ3) is 3.07. The number of piperidine rings is 1. The maximum Gasteiger partial charge on any atom is 0.0537 e. The maximum absolute atomic E-state index is 4.26. The molecule has 2 rings (SSSR count). The van der Waals surface area contributed by atoms with Gasteiger partial charge in [-0.1, -0.05) is 0 Å². The highest BCUT2D eigenvalue weighted by molar-refractivity contribution is 5.09. The monoisotopic (exact) mass is 236 g/mol. The fourth-order valence-electron chi connectivity index (χ4n) is 2.70. The Balaban J connectivity index is 1.88. The van der Waals surface area contributed by atoms with Gasteiger partial charge in [0, 0.05) is 24.8 Å². The van der Waals surface area contributed by atoms with E-state index in [1.807, 2.05) is 25.0 Å². The lowest BCUT2D eigenvalue weighted by Crippen LogP contribution is -2.38. The van der Waals surface area contributed by atoms with Gasteiger partial charge in [-0.2, -0.15) is 5.10 Å². The molecule has 0 saturated carbocycles. The minimum absolute atomic E-state index is 0.499. The third-order valence-electron chi connectivity index (χ3n) is 3.90. The molecule has 2 heterocycles. The van der Waals surface area contributed by atoms with Gasteiger partial charge in [0.05, 0.1) is 6.20 Å². The highest BCUT2D eigenvalue weighted by Crippen LogP contribution is 2.25. The first-order valence-electron chi connectivity index (χ1n) is 6.58. The molecule has 0 bridgehead atoms. The number of nitrogens with zero attached hydrogens (tertiary/aromatic N) is 3. The van der Waals surface area contributed by atoms with Crippen molar-refractivity contribution in [3.8, 4) is 0 Å². The van der Waals surface area contributed by atoms with Crippen LogP contribution in [0.5, 0.6) is 0 Å². The van der Waals surface area contributed by atoms with E-state index in [1.54, 1.807) is 0 Å². The van der Waals surface area contributed by atoms with Crippen LogP contribution in [0.25, 0.3) is 0 Å². The lowest BCUT2D eigenvalue weighted by atomic mass is 9.95. The van der Waals surface area contributed by atoms with E-state index < -0.39 is 0 Å². The second-order valence-electron chi connectivity index (χ2n) is 5.16. The lowest BCUT2D eigenvalue weighted by molar-refractivity contribution is 0.141. The molecule has 1 N–H and O–H groups in total. The topological polar surface area (TPSA) is 33.1 Å². The van der Waals surface area contributed by atoms with Gasteiger partial charge in [-0.3, -0.25) is 9.58 Å². The Morgan fingerprint density at radius 1 is 1.47 bits per heavy atom. The van der Waals surface area contributed by atoms with Crippen LogP contribution in [0.2, 0.25) is 0 Å². The quantitative estimate of drug-likeness (QED) is 0.858. The van der Waals surface area contributed by atoms with E-state index in [9.17, 15) is 0 Å². The molecule has 1 aromatic rings. The van der Waals surface area contributed by atoms with Crippen LogP contribution in [0.4, 0.5) is 0 Å². The number of hydrogen-bond donors (Lipinski definition) is 1. The predicted octanol–water partition coefficient (Wildman–Crippen LogP) is 1.41. The Hall–Kier alpha value is -0.870. The fourth-order valence-corrected chi connectivity index (χ4v) is 2.70. The maximum atomic E-state index is 4.26. The third-order valence-corrected chi connectivity index (χ3v) is 3.90. The van der Waals surface area contributed by atoms with E-state index in [0.29, 0.717) is 6.04 Å². The van der Waals surface area contributed by atoms with Crippen LogP contribution in [0.1, 0.15) is 31.4 Å². The van der Waals surface area contributed by atoms with Gasteiger partial charge < -0.3 is 5.32 Å². The molecule has 1 aliphatic rings. The Kier molecular flexibility index (Phi) is 4.18. The summed E-state index contributed by atoms with van der Waals surface area (Å²) in [6.45, 7) is 5.87. The summed E-state index contributed by atoms with van der Waals surface area (Å²) in [5.41, 5.74) is 1.33. The summed E-state index contributed by atoms with van der Waals surface area (Å²) in [5.74, 6) is 0.859. The molecule has 1 aliphatic heterocycles. The van der Waals surface area contributed by atoms with E-state index in [2.05, 4.69) is 28.4 Å². The number of aryl methyl sites for hydroxylation is 1. The van der Waals surface area contributed by atoms with Crippen LogP contribution in [0.3, 0.4) is 0 Å². The van der Waals surface area contributed by atoms with Gasteiger partial charge in [-0.15, -0.1) is 0 Å². The largest absolute Gasteiger partial charge is 0.319 e. The minimum atomic E-state index is 0.499. The van der Waals surface area contributed by atoms with Gasteiger partial charge in [0.1, 0.15) is 0 Å². The van der Waals surface area contributed by atoms with Crippen LogP contribution in [-0.4, -0.2) is 41.4 Å². The van der Waals surface area contributed by atoms with Crippen LogP contribution in [0, 0.1) is 5.92 Å². The summed E-state index contributed by atoms with van der Waals surface area (Å²) in [4.78, 5) is 2.57. The Morgan fingerprint density at radius 3 is 2.71 bits per heavy atom. The summed E-state index contributed by atoms with van der Waals surface area (Å²) in [6.07, 6.45) is 6.74. The zero-order chi connectivity index (χ0) is 12.3. The van der Waals surface area contributed by atoms with Crippen molar-refractivity contribution >= 4 is 0 Å². The standard InChI is InChI=1S/C13H24N4/c1-11(13-9-15-16(3)10-13)17-6-4-12(5-7-17)8-14-2/h9-12,14H,4-8H2,1-3H3. The molecule has 1 fully saturated rings. The molecule has 0 spiro atoms. The number of nitrogens with one attached hydrogen (secondary N) is 1. The lowest BCUT2D eigenvalue weighted by Gasteiger charge is -2.35. The second kappa shape index (κ2) is 5.65. The normalized spacial score (nSPS) is 20.6. The van der Waals surface area contributed by atoms with Crippen molar-refractivity contribution < 1.29 is 0 Å². The molecule has 1 atom stereocenters. The molecule has 4 heteroatoms. The summed E-state index contributed by atoms with van der Waals surface area (Å²) in [6, 6.07) is 0.499. The van der Waals surface area contributed by atoms with E-state index in [4.69, 9.17) is 0 Å². The van der Waals surface area contributed by atoms with Gasteiger partial charge in [-0.25, -0.2) is 0 Å². The average molecular weight is 236 g/mol. The average Bonchev–Trinajstić information content (AvgIpc) is 2.76. The molecule has 0 radical (unpaired) electrons. The van der Waals surface area contributed by atoms with Crippen molar-refractivity contribution in [2.45, 2.75) is 25.8 Å². The van der Waals surface area contributed by atoms with Crippen LogP contribution in [-0.2, 0) is 7.05 Å². The zero-order valence-electron chi connectivity index (χ0n) is 11.2. The van der Waals surface area contributed by atoms with Crippen LogP contribution < -0.4 is 5.32 Å². The second-order valence-corrected chi connectivity index (χ2v) is 5.16. The van der Waals surface area contributed by atoms with Gasteiger partial charge in [0.25, 0.3) is 0 Å². The van der Waals surface area contributed by atoms with E-state index >= 15 is 0 Å². The SMILES string of the molecule is CNCC1CCN(C(C)c2cnn(C)c2)CC1. The predicted molar refractivity (Wildman–Crippen MR) is 69.8 cm³/mol. The zero-order valence-corrected chi connectivity index (χ0v) is 11.2. The van der Waals surface area contributed by atoms with Crippen molar-refractivity contribution in [3.63, 3.8) is 0 Å². The van der Waals surface area contributed by atoms with Crippen LogP contribution in [0.15, 0.2) is 12.4 Å². The van der Waals surface area contributed by atoms with Gasteiger partial charge in [0.2, 0.25) is 0 Å². The van der Waals surface area contributed by atoms with Crippen molar-refractivity contribution in [2.75, 3.05) is 26.7 Å². The summed E-state index contributed by atoms with van der Waals surface area (Å²) < 4.78 is 1.89. The van der Waals surface area contributed by atoms with E-state index in [1.165, 1.54) is 31.5 Å². The van der Waals surface area contributed by atoms with Crippen molar-refractivity contribution in [1.29, 1.82) is 0 Å². The molecular formula is C13H24N4. The number of hydrogen-bond acceptors (Lipinski definition) is 3. The van der Waals surface area contributed by atoms with Crippen molar-refractivity contribution in [1.82, 2.24) is 20.0 Å². The van der Waals surface area contributed by atoms with E-state index in [-0.39, 0.29) is 0 Å². The highest BCUT2D eigenvalue weighted by Gasteiger charge is 2.23. The minimum Gasteiger partial charge on any atom is -0.319 e. The van der Waals surface area contributed by atoms with Crippen molar-refractivity contribution in [3.05, 3.63) is 18.0 Å². The first-order chi connectivity index (χ1) is 8.20. The number of aromatic nitrogens is 2. The molecule has 17 heavy (non-hydrogen) atoms. The summed E-state index contributed by atoms with van der Waals surface area (Å²) >= 11 is 0. The van der Waals surface area contributed by atoms with Crippen molar-refractivity contribution in [2.24, 2.45) is 13.0 Å².